The molecule has 0 unspecified atom stereocenters. The van der Waals surface area contributed by atoms with Gasteiger partial charge in [-0.15, -0.1) is 0 Å². The van der Waals surface area contributed by atoms with Gasteiger partial charge in [0.05, 0.1) is 0 Å². The minimum Gasteiger partial charge on any atom is -0.484 e. The second-order valence-corrected chi connectivity index (χ2v) is 6.10. The number of anilines is 1. The lowest BCUT2D eigenvalue weighted by Crippen LogP contribution is -2.20. The number of nitrogens with one attached hydrogen (secondary N) is 1. The highest BCUT2D eigenvalue weighted by Gasteiger charge is 2.07. The van der Waals surface area contributed by atoms with Gasteiger partial charge in [-0.2, -0.15) is 0 Å². The summed E-state index contributed by atoms with van der Waals surface area (Å²) in [6, 6.07) is 12.6. The van der Waals surface area contributed by atoms with E-state index in [-0.39, 0.29) is 12.5 Å². The van der Waals surface area contributed by atoms with Crippen molar-refractivity contribution in [1.29, 1.82) is 0 Å². The molecule has 2 aromatic carbocycles. The van der Waals surface area contributed by atoms with E-state index in [1.54, 1.807) is 18.2 Å². The summed E-state index contributed by atoms with van der Waals surface area (Å²) in [5.41, 5.74) is 1.71. The molecule has 0 fully saturated rings. The summed E-state index contributed by atoms with van der Waals surface area (Å²) < 4.78 is 5.51. The van der Waals surface area contributed by atoms with Crippen molar-refractivity contribution in [2.45, 2.75) is 19.8 Å². The molecule has 0 atom stereocenters. The van der Waals surface area contributed by atoms with E-state index < -0.39 is 0 Å². The SMILES string of the molecule is CC(C)c1cccc(OCC(=O)Nc2cc(Cl)cc(Cl)c2)c1. The van der Waals surface area contributed by atoms with Crippen LogP contribution in [0.1, 0.15) is 25.3 Å². The Hall–Kier alpha value is -1.71. The predicted octanol–water partition coefficient (Wildman–Crippen LogP) is 5.13. The van der Waals surface area contributed by atoms with Gasteiger partial charge < -0.3 is 10.1 Å². The maximum Gasteiger partial charge on any atom is 0.262 e. The van der Waals surface area contributed by atoms with Crippen molar-refractivity contribution in [3.63, 3.8) is 0 Å². The van der Waals surface area contributed by atoms with E-state index in [0.29, 0.717) is 27.4 Å². The molecule has 5 heteroatoms. The molecule has 0 aliphatic carbocycles. The summed E-state index contributed by atoms with van der Waals surface area (Å²) in [5, 5.41) is 3.63. The fraction of sp³-hybridized carbons (Fsp3) is 0.235. The molecule has 2 aromatic rings. The molecule has 0 heterocycles. The highest BCUT2D eigenvalue weighted by Crippen LogP contribution is 2.23. The Balaban J connectivity index is 1.94. The average Bonchev–Trinajstić information content (AvgIpc) is 2.44. The minimum atomic E-state index is -0.270. The van der Waals surface area contributed by atoms with Crippen molar-refractivity contribution in [1.82, 2.24) is 0 Å². The summed E-state index contributed by atoms with van der Waals surface area (Å²) in [6.07, 6.45) is 0. The highest BCUT2D eigenvalue weighted by atomic mass is 35.5. The Morgan fingerprint density at radius 3 is 2.45 bits per heavy atom. The highest BCUT2D eigenvalue weighted by molar-refractivity contribution is 6.35. The Morgan fingerprint density at radius 1 is 1.14 bits per heavy atom. The molecule has 1 N–H and O–H groups in total. The molecule has 0 aliphatic rings. The van der Waals surface area contributed by atoms with Crippen LogP contribution < -0.4 is 10.1 Å². The molecule has 0 radical (unpaired) electrons. The second-order valence-electron chi connectivity index (χ2n) is 5.22. The first-order valence-electron chi connectivity index (χ1n) is 6.93. The van der Waals surface area contributed by atoms with E-state index in [1.165, 1.54) is 5.56 Å². The first-order valence-corrected chi connectivity index (χ1v) is 7.68. The third-order valence-electron chi connectivity index (χ3n) is 3.04. The van der Waals surface area contributed by atoms with Crippen LogP contribution in [0.4, 0.5) is 5.69 Å². The van der Waals surface area contributed by atoms with Crippen molar-refractivity contribution in [2.75, 3.05) is 11.9 Å². The number of amides is 1. The molecule has 2 rings (SSSR count). The largest absolute Gasteiger partial charge is 0.484 e. The van der Waals surface area contributed by atoms with Crippen LogP contribution in [0.3, 0.4) is 0 Å². The van der Waals surface area contributed by atoms with Gasteiger partial charge in [-0.05, 0) is 41.8 Å². The molecule has 0 spiro atoms. The first kappa shape index (κ1) is 16.7. The van der Waals surface area contributed by atoms with Gasteiger partial charge in [-0.1, -0.05) is 49.2 Å². The van der Waals surface area contributed by atoms with Gasteiger partial charge in [0.2, 0.25) is 0 Å². The van der Waals surface area contributed by atoms with Crippen molar-refractivity contribution in [3.8, 4) is 5.75 Å². The van der Waals surface area contributed by atoms with Gasteiger partial charge in [0.15, 0.2) is 6.61 Å². The zero-order chi connectivity index (χ0) is 16.1. The van der Waals surface area contributed by atoms with Gasteiger partial charge >= 0.3 is 0 Å². The maximum absolute atomic E-state index is 11.9. The summed E-state index contributed by atoms with van der Waals surface area (Å²) in [4.78, 5) is 11.9. The van der Waals surface area contributed by atoms with Crippen molar-refractivity contribution in [3.05, 3.63) is 58.1 Å². The zero-order valence-corrected chi connectivity index (χ0v) is 13.9. The molecule has 1 amide bonds. The predicted molar refractivity (Wildman–Crippen MR) is 91.1 cm³/mol. The van der Waals surface area contributed by atoms with Crippen LogP contribution in [0.5, 0.6) is 5.75 Å². The molecule has 116 valence electrons. The second kappa shape index (κ2) is 7.52. The van der Waals surface area contributed by atoms with Crippen LogP contribution in [-0.4, -0.2) is 12.5 Å². The minimum absolute atomic E-state index is 0.0777. The van der Waals surface area contributed by atoms with E-state index in [1.807, 2.05) is 24.3 Å². The van der Waals surface area contributed by atoms with Gasteiger partial charge in [-0.25, -0.2) is 0 Å². The number of carbonyl (C=O) groups excluding carboxylic acids is 1. The number of carbonyl (C=O) groups is 1. The Bertz CT molecular complexity index is 651. The summed E-state index contributed by atoms with van der Waals surface area (Å²) >= 11 is 11.8. The molecule has 0 saturated heterocycles. The van der Waals surface area contributed by atoms with Crippen molar-refractivity contribution in [2.24, 2.45) is 0 Å². The van der Waals surface area contributed by atoms with E-state index in [4.69, 9.17) is 27.9 Å². The fourth-order valence-electron chi connectivity index (χ4n) is 1.94. The molecule has 0 bridgehead atoms. The van der Waals surface area contributed by atoms with Crippen LogP contribution in [0.25, 0.3) is 0 Å². The maximum atomic E-state index is 11.9. The lowest BCUT2D eigenvalue weighted by Gasteiger charge is -2.10. The Morgan fingerprint density at radius 2 is 1.82 bits per heavy atom. The average molecular weight is 338 g/mol. The Labute approximate surface area is 140 Å². The normalized spacial score (nSPS) is 10.6. The van der Waals surface area contributed by atoms with E-state index in [0.717, 1.165) is 0 Å². The zero-order valence-electron chi connectivity index (χ0n) is 12.4. The van der Waals surface area contributed by atoms with Gasteiger partial charge in [-0.3, -0.25) is 4.79 Å². The monoisotopic (exact) mass is 337 g/mol. The van der Waals surface area contributed by atoms with Gasteiger partial charge in [0.1, 0.15) is 5.75 Å². The molecule has 3 nitrogen and oxygen atoms in total. The van der Waals surface area contributed by atoms with Crippen LogP contribution in [-0.2, 0) is 4.79 Å². The van der Waals surface area contributed by atoms with Crippen molar-refractivity contribution >= 4 is 34.8 Å². The third-order valence-corrected chi connectivity index (χ3v) is 3.48. The number of hydrogen-bond donors (Lipinski definition) is 1. The number of ether oxygens (including phenoxy) is 1. The van der Waals surface area contributed by atoms with Crippen LogP contribution >= 0.6 is 23.2 Å². The van der Waals surface area contributed by atoms with Crippen molar-refractivity contribution < 1.29 is 9.53 Å². The number of benzene rings is 2. The molecule has 0 saturated carbocycles. The van der Waals surface area contributed by atoms with E-state index >= 15 is 0 Å². The van der Waals surface area contributed by atoms with Gasteiger partial charge in [0.25, 0.3) is 5.91 Å². The summed E-state index contributed by atoms with van der Waals surface area (Å²) in [5.74, 6) is 0.810. The van der Waals surface area contributed by atoms with E-state index in [2.05, 4.69) is 19.2 Å². The topological polar surface area (TPSA) is 38.3 Å². The molecule has 22 heavy (non-hydrogen) atoms. The standard InChI is InChI=1S/C17H17Cl2NO2/c1-11(2)12-4-3-5-16(6-12)22-10-17(21)20-15-8-13(18)7-14(19)9-15/h3-9,11H,10H2,1-2H3,(H,20,21). The lowest BCUT2D eigenvalue weighted by molar-refractivity contribution is -0.118. The number of rotatable bonds is 5. The summed E-state index contributed by atoms with van der Waals surface area (Å²) in [7, 11) is 0. The quantitative estimate of drug-likeness (QED) is 0.820. The molecular formula is C17H17Cl2NO2. The number of halogens is 2. The van der Waals surface area contributed by atoms with E-state index in [9.17, 15) is 4.79 Å². The molecular weight excluding hydrogens is 321 g/mol. The molecule has 0 aromatic heterocycles. The Kier molecular flexibility index (Phi) is 5.69. The smallest absolute Gasteiger partial charge is 0.262 e. The lowest BCUT2D eigenvalue weighted by atomic mass is 10.0. The fourth-order valence-corrected chi connectivity index (χ4v) is 2.46. The molecule has 0 aliphatic heterocycles. The van der Waals surface area contributed by atoms with Crippen LogP contribution in [0.15, 0.2) is 42.5 Å². The number of hydrogen-bond acceptors (Lipinski definition) is 2. The summed E-state index contributed by atoms with van der Waals surface area (Å²) in [6.45, 7) is 4.13. The van der Waals surface area contributed by atoms with Crippen LogP contribution in [0.2, 0.25) is 10.0 Å². The third kappa shape index (κ3) is 4.93. The van der Waals surface area contributed by atoms with Crippen LogP contribution in [0, 0.1) is 0 Å². The first-order chi connectivity index (χ1) is 10.4. The van der Waals surface area contributed by atoms with Gasteiger partial charge in [0, 0.05) is 15.7 Å².